The number of esters is 1. The van der Waals surface area contributed by atoms with Gasteiger partial charge in [-0.05, 0) is 48.7 Å². The highest BCUT2D eigenvalue weighted by Gasteiger charge is 2.36. The number of carbonyl (C=O) groups excluding carboxylic acids is 1. The molecule has 2 heterocycles. The highest BCUT2D eigenvalue weighted by atomic mass is 16.6. The molecular formula is C19H17NO4. The zero-order valence-electron chi connectivity index (χ0n) is 13.5. The van der Waals surface area contributed by atoms with Gasteiger partial charge in [0.2, 0.25) is 5.90 Å². The van der Waals surface area contributed by atoms with Gasteiger partial charge in [0.1, 0.15) is 17.3 Å². The van der Waals surface area contributed by atoms with Gasteiger partial charge >= 0.3 is 5.97 Å². The molecule has 1 aromatic heterocycles. The van der Waals surface area contributed by atoms with Crippen molar-refractivity contribution in [3.63, 3.8) is 0 Å². The largest absolute Gasteiger partial charge is 0.497 e. The first-order valence-electron chi connectivity index (χ1n) is 7.91. The molecule has 2 atom stereocenters. The molecule has 5 heteroatoms. The lowest BCUT2D eigenvalue weighted by Gasteiger charge is -2.01. The molecule has 0 unspecified atom stereocenters. The van der Waals surface area contributed by atoms with Crippen LogP contribution in [0.25, 0.3) is 6.08 Å². The standard InChI is InChI=1S/C19H17NO4/c1-11-9-15(11)17-8-7-14(23-17)10-16-19(21)24-18(20-16)12-3-5-13(22-2)6-4-12/h3-8,10-11,15H,9H2,1-2H3/b16-10+/t11-,15-/m1/s1. The number of nitrogens with zero attached hydrogens (tertiary/aromatic N) is 1. The average molecular weight is 323 g/mol. The van der Waals surface area contributed by atoms with Gasteiger partial charge in [0.15, 0.2) is 5.70 Å². The monoisotopic (exact) mass is 323 g/mol. The molecule has 1 aliphatic heterocycles. The van der Waals surface area contributed by atoms with Crippen LogP contribution in [0.1, 0.15) is 36.3 Å². The van der Waals surface area contributed by atoms with E-state index in [1.54, 1.807) is 37.5 Å². The molecule has 0 N–H and O–H groups in total. The molecule has 0 amide bonds. The molecule has 1 fully saturated rings. The fourth-order valence-electron chi connectivity index (χ4n) is 2.76. The summed E-state index contributed by atoms with van der Waals surface area (Å²) in [5.41, 5.74) is 0.963. The Morgan fingerprint density at radius 3 is 2.62 bits per heavy atom. The first-order valence-corrected chi connectivity index (χ1v) is 7.91. The number of benzene rings is 1. The summed E-state index contributed by atoms with van der Waals surface area (Å²) in [7, 11) is 1.60. The van der Waals surface area contributed by atoms with Crippen LogP contribution >= 0.6 is 0 Å². The van der Waals surface area contributed by atoms with Crippen molar-refractivity contribution in [2.45, 2.75) is 19.3 Å². The van der Waals surface area contributed by atoms with Crippen LogP contribution in [0.4, 0.5) is 0 Å². The van der Waals surface area contributed by atoms with Crippen LogP contribution in [0.2, 0.25) is 0 Å². The van der Waals surface area contributed by atoms with Crippen molar-refractivity contribution in [1.82, 2.24) is 0 Å². The molecule has 0 spiro atoms. The summed E-state index contributed by atoms with van der Waals surface area (Å²) in [5.74, 6) is 3.32. The van der Waals surface area contributed by atoms with Crippen LogP contribution in [0.3, 0.4) is 0 Å². The minimum atomic E-state index is -0.474. The van der Waals surface area contributed by atoms with E-state index >= 15 is 0 Å². The Bertz CT molecular complexity index is 845. The normalized spacial score (nSPS) is 24.0. The van der Waals surface area contributed by atoms with Crippen molar-refractivity contribution in [2.75, 3.05) is 7.11 Å². The Hall–Kier alpha value is -2.82. The van der Waals surface area contributed by atoms with Crippen molar-refractivity contribution in [3.05, 3.63) is 59.2 Å². The van der Waals surface area contributed by atoms with E-state index in [4.69, 9.17) is 13.9 Å². The highest BCUT2D eigenvalue weighted by Crippen LogP contribution is 2.47. The lowest BCUT2D eigenvalue weighted by molar-refractivity contribution is -0.129. The summed E-state index contributed by atoms with van der Waals surface area (Å²) in [6.07, 6.45) is 2.78. The number of rotatable bonds is 4. The van der Waals surface area contributed by atoms with Gasteiger partial charge in [0.25, 0.3) is 0 Å². The van der Waals surface area contributed by atoms with Gasteiger partial charge in [-0.3, -0.25) is 0 Å². The van der Waals surface area contributed by atoms with Gasteiger partial charge in [-0.25, -0.2) is 9.79 Å². The van der Waals surface area contributed by atoms with Gasteiger partial charge in [0.05, 0.1) is 7.11 Å². The SMILES string of the molecule is COc1ccc(C2=N/C(=C/c3ccc([C@@H]4C[C@H]4C)o3)C(=O)O2)cc1. The Balaban J connectivity index is 1.57. The molecule has 0 bridgehead atoms. The molecule has 0 radical (unpaired) electrons. The minimum absolute atomic E-state index is 0.241. The fraction of sp³-hybridized carbons (Fsp3) is 0.263. The van der Waals surface area contributed by atoms with Gasteiger partial charge in [-0.15, -0.1) is 0 Å². The molecule has 1 aliphatic carbocycles. The van der Waals surface area contributed by atoms with Crippen LogP contribution in [0.15, 0.2) is 51.5 Å². The molecule has 122 valence electrons. The Morgan fingerprint density at radius 2 is 1.96 bits per heavy atom. The molecule has 2 aliphatic rings. The van der Waals surface area contributed by atoms with Gasteiger partial charge < -0.3 is 13.9 Å². The van der Waals surface area contributed by atoms with Crippen molar-refractivity contribution >= 4 is 17.9 Å². The maximum atomic E-state index is 12.0. The van der Waals surface area contributed by atoms with Crippen LogP contribution < -0.4 is 4.74 Å². The second-order valence-corrected chi connectivity index (χ2v) is 6.12. The fourth-order valence-corrected chi connectivity index (χ4v) is 2.76. The lowest BCUT2D eigenvalue weighted by Crippen LogP contribution is -2.05. The van der Waals surface area contributed by atoms with Crippen LogP contribution in [-0.4, -0.2) is 19.0 Å². The number of methoxy groups -OCH3 is 1. The predicted molar refractivity (Wildman–Crippen MR) is 88.8 cm³/mol. The van der Waals surface area contributed by atoms with E-state index in [-0.39, 0.29) is 11.6 Å². The Morgan fingerprint density at radius 1 is 1.21 bits per heavy atom. The number of carbonyl (C=O) groups is 1. The third-order valence-electron chi connectivity index (χ3n) is 4.36. The Labute approximate surface area is 139 Å². The van der Waals surface area contributed by atoms with Crippen LogP contribution in [0, 0.1) is 5.92 Å². The van der Waals surface area contributed by atoms with Gasteiger partial charge in [0, 0.05) is 17.6 Å². The molecule has 2 aromatic rings. The molecule has 1 aromatic carbocycles. The van der Waals surface area contributed by atoms with E-state index in [0.717, 1.165) is 23.5 Å². The smallest absolute Gasteiger partial charge is 0.363 e. The van der Waals surface area contributed by atoms with Crippen molar-refractivity contribution in [1.29, 1.82) is 0 Å². The predicted octanol–water partition coefficient (Wildman–Crippen LogP) is 3.76. The number of aliphatic imine (C=N–C) groups is 1. The van der Waals surface area contributed by atoms with Crippen LogP contribution in [0.5, 0.6) is 5.75 Å². The topological polar surface area (TPSA) is 61.0 Å². The van der Waals surface area contributed by atoms with E-state index in [9.17, 15) is 4.79 Å². The van der Waals surface area contributed by atoms with E-state index < -0.39 is 5.97 Å². The molecule has 0 saturated heterocycles. The third kappa shape index (κ3) is 2.73. The Kier molecular flexibility index (Phi) is 3.49. The quantitative estimate of drug-likeness (QED) is 0.635. The van der Waals surface area contributed by atoms with E-state index in [2.05, 4.69) is 11.9 Å². The number of cyclic esters (lactones) is 1. The third-order valence-corrected chi connectivity index (χ3v) is 4.36. The summed E-state index contributed by atoms with van der Waals surface area (Å²) in [5, 5.41) is 0. The van der Waals surface area contributed by atoms with E-state index in [1.165, 1.54) is 0 Å². The van der Waals surface area contributed by atoms with Gasteiger partial charge in [-0.2, -0.15) is 0 Å². The number of furan rings is 1. The van der Waals surface area contributed by atoms with Crippen molar-refractivity contribution in [2.24, 2.45) is 10.9 Å². The molecular weight excluding hydrogens is 306 g/mol. The van der Waals surface area contributed by atoms with Crippen molar-refractivity contribution < 1.29 is 18.7 Å². The van der Waals surface area contributed by atoms with Crippen LogP contribution in [-0.2, 0) is 9.53 Å². The zero-order chi connectivity index (χ0) is 16.7. The van der Waals surface area contributed by atoms with E-state index in [1.807, 2.05) is 12.1 Å². The number of ether oxygens (including phenoxy) is 2. The summed E-state index contributed by atoms with van der Waals surface area (Å²) < 4.78 is 16.2. The summed E-state index contributed by atoms with van der Waals surface area (Å²) in [6, 6.07) is 11.0. The molecule has 1 saturated carbocycles. The average Bonchev–Trinajstić information content (AvgIpc) is 2.98. The summed E-state index contributed by atoms with van der Waals surface area (Å²) in [4.78, 5) is 16.3. The van der Waals surface area contributed by atoms with Crippen molar-refractivity contribution in [3.8, 4) is 5.75 Å². The van der Waals surface area contributed by atoms with Gasteiger partial charge in [-0.1, -0.05) is 6.92 Å². The molecule has 5 nitrogen and oxygen atoms in total. The molecule has 4 rings (SSSR count). The minimum Gasteiger partial charge on any atom is -0.497 e. The lowest BCUT2D eigenvalue weighted by atomic mass is 10.2. The first-order chi connectivity index (χ1) is 11.6. The number of hydrogen-bond donors (Lipinski definition) is 0. The highest BCUT2D eigenvalue weighted by molar-refractivity contribution is 6.12. The molecule has 24 heavy (non-hydrogen) atoms. The van der Waals surface area contributed by atoms with E-state index in [0.29, 0.717) is 17.6 Å². The second kappa shape index (κ2) is 5.67. The maximum absolute atomic E-state index is 12.0. The maximum Gasteiger partial charge on any atom is 0.363 e. The second-order valence-electron chi connectivity index (χ2n) is 6.12. The first kappa shape index (κ1) is 14.8. The summed E-state index contributed by atoms with van der Waals surface area (Å²) >= 11 is 0. The zero-order valence-corrected chi connectivity index (χ0v) is 13.5. The number of hydrogen-bond acceptors (Lipinski definition) is 5. The summed E-state index contributed by atoms with van der Waals surface area (Å²) in [6.45, 7) is 2.20.